The maximum absolute atomic E-state index is 12.7. The van der Waals surface area contributed by atoms with Gasteiger partial charge in [0.2, 0.25) is 5.91 Å². The molecule has 3 aromatic rings. The Hall–Kier alpha value is -3.20. The molecule has 1 aromatic carbocycles. The van der Waals surface area contributed by atoms with Crippen molar-refractivity contribution in [2.75, 3.05) is 13.1 Å². The van der Waals surface area contributed by atoms with E-state index in [1.54, 1.807) is 6.92 Å². The van der Waals surface area contributed by atoms with Crippen LogP contribution in [0, 0.1) is 6.92 Å². The van der Waals surface area contributed by atoms with Crippen LogP contribution in [0.25, 0.3) is 15.9 Å². The number of carbonyl (C=O) groups excluding carboxylic acids is 3. The number of rotatable bonds is 5. The van der Waals surface area contributed by atoms with Crippen LogP contribution in [0.3, 0.4) is 0 Å². The lowest BCUT2D eigenvalue weighted by Crippen LogP contribution is -2.44. The molecule has 0 bridgehead atoms. The van der Waals surface area contributed by atoms with Gasteiger partial charge in [-0.3, -0.25) is 14.5 Å². The van der Waals surface area contributed by atoms with E-state index in [9.17, 15) is 14.4 Å². The third-order valence-electron chi connectivity index (χ3n) is 4.54. The summed E-state index contributed by atoms with van der Waals surface area (Å²) in [6, 6.07) is 10.8. The molecule has 4 rings (SSSR count). The van der Waals surface area contributed by atoms with E-state index in [-0.39, 0.29) is 30.9 Å². The molecule has 2 N–H and O–H groups in total. The Morgan fingerprint density at radius 3 is 2.75 bits per heavy atom. The van der Waals surface area contributed by atoms with Gasteiger partial charge in [0.15, 0.2) is 0 Å². The normalized spacial score (nSPS) is 15.1. The molecule has 8 nitrogen and oxygen atoms in total. The quantitative estimate of drug-likeness (QED) is 0.644. The van der Waals surface area contributed by atoms with Crippen LogP contribution in [0.2, 0.25) is 0 Å². The fraction of sp³-hybridized carbons (Fsp3) is 0.263. The smallest absolute Gasteiger partial charge is 0.324 e. The van der Waals surface area contributed by atoms with Crippen molar-refractivity contribution < 1.29 is 14.4 Å². The van der Waals surface area contributed by atoms with Crippen LogP contribution >= 0.6 is 11.3 Å². The SMILES string of the molecule is Cc1nn(-c2ccccc2)c2sc(C(=O)N[C@H](C)CN3C(=O)CNC3=O)cc12. The van der Waals surface area contributed by atoms with Gasteiger partial charge in [-0.05, 0) is 32.0 Å². The number of imide groups is 1. The van der Waals surface area contributed by atoms with Crippen molar-refractivity contribution in [3.63, 3.8) is 0 Å². The molecule has 0 unspecified atom stereocenters. The Kier molecular flexibility index (Phi) is 4.60. The number of aromatic nitrogens is 2. The first-order chi connectivity index (χ1) is 13.4. The molecular weight excluding hydrogens is 378 g/mol. The van der Waals surface area contributed by atoms with Crippen LogP contribution in [-0.4, -0.2) is 51.7 Å². The summed E-state index contributed by atoms with van der Waals surface area (Å²) < 4.78 is 1.84. The lowest BCUT2D eigenvalue weighted by Gasteiger charge is -2.19. The van der Waals surface area contributed by atoms with E-state index in [0.717, 1.165) is 26.5 Å². The van der Waals surface area contributed by atoms with E-state index < -0.39 is 6.03 Å². The van der Waals surface area contributed by atoms with Gasteiger partial charge in [-0.2, -0.15) is 5.10 Å². The first-order valence-corrected chi connectivity index (χ1v) is 9.69. The molecule has 0 saturated carbocycles. The highest BCUT2D eigenvalue weighted by atomic mass is 32.1. The maximum Gasteiger partial charge on any atom is 0.324 e. The zero-order valence-electron chi connectivity index (χ0n) is 15.4. The van der Waals surface area contributed by atoms with Gasteiger partial charge < -0.3 is 10.6 Å². The summed E-state index contributed by atoms with van der Waals surface area (Å²) >= 11 is 1.36. The van der Waals surface area contributed by atoms with Crippen molar-refractivity contribution in [2.45, 2.75) is 19.9 Å². The summed E-state index contributed by atoms with van der Waals surface area (Å²) in [6.07, 6.45) is 0. The number of fused-ring (bicyclic) bond motifs is 1. The second-order valence-corrected chi connectivity index (χ2v) is 7.73. The Morgan fingerprint density at radius 2 is 2.07 bits per heavy atom. The third-order valence-corrected chi connectivity index (χ3v) is 5.65. The van der Waals surface area contributed by atoms with Gasteiger partial charge in [-0.25, -0.2) is 9.48 Å². The van der Waals surface area contributed by atoms with Gasteiger partial charge in [-0.1, -0.05) is 18.2 Å². The molecule has 2 aromatic heterocycles. The van der Waals surface area contributed by atoms with Crippen molar-refractivity contribution in [1.29, 1.82) is 0 Å². The molecule has 1 atom stereocenters. The molecule has 9 heteroatoms. The van der Waals surface area contributed by atoms with Crippen molar-refractivity contribution in [3.8, 4) is 5.69 Å². The molecule has 0 spiro atoms. The van der Waals surface area contributed by atoms with E-state index in [1.807, 2.05) is 48.0 Å². The first kappa shape index (κ1) is 18.2. The molecule has 4 amide bonds. The third kappa shape index (κ3) is 3.24. The summed E-state index contributed by atoms with van der Waals surface area (Å²) in [4.78, 5) is 38.6. The number of benzene rings is 1. The number of amides is 4. The molecule has 1 fully saturated rings. The molecule has 1 aliphatic rings. The average Bonchev–Trinajstić information content (AvgIpc) is 3.34. The second-order valence-electron chi connectivity index (χ2n) is 6.70. The highest BCUT2D eigenvalue weighted by molar-refractivity contribution is 7.20. The van der Waals surface area contributed by atoms with E-state index >= 15 is 0 Å². The van der Waals surface area contributed by atoms with Crippen LogP contribution < -0.4 is 10.6 Å². The minimum atomic E-state index is -0.425. The number of carbonyl (C=O) groups is 3. The summed E-state index contributed by atoms with van der Waals surface area (Å²) in [5.74, 6) is -0.522. The van der Waals surface area contributed by atoms with Gasteiger partial charge >= 0.3 is 6.03 Å². The van der Waals surface area contributed by atoms with Crippen LogP contribution in [0.4, 0.5) is 4.79 Å². The van der Waals surface area contributed by atoms with Gasteiger partial charge in [-0.15, -0.1) is 11.3 Å². The number of para-hydroxylation sites is 1. The van der Waals surface area contributed by atoms with Crippen molar-refractivity contribution in [1.82, 2.24) is 25.3 Å². The largest absolute Gasteiger partial charge is 0.347 e. The monoisotopic (exact) mass is 397 g/mol. The lowest BCUT2D eigenvalue weighted by molar-refractivity contribution is -0.125. The predicted molar refractivity (Wildman–Crippen MR) is 106 cm³/mol. The summed E-state index contributed by atoms with van der Waals surface area (Å²) in [5.41, 5.74) is 1.78. The number of urea groups is 1. The van der Waals surface area contributed by atoms with Gasteiger partial charge in [0.25, 0.3) is 5.91 Å². The van der Waals surface area contributed by atoms with E-state index in [1.165, 1.54) is 11.3 Å². The van der Waals surface area contributed by atoms with Crippen LogP contribution in [0.5, 0.6) is 0 Å². The Labute approximate surface area is 165 Å². The van der Waals surface area contributed by atoms with E-state index in [4.69, 9.17) is 0 Å². The number of aryl methyl sites for hydroxylation is 1. The van der Waals surface area contributed by atoms with Gasteiger partial charge in [0.05, 0.1) is 29.3 Å². The number of hydrogen-bond acceptors (Lipinski definition) is 5. The minimum absolute atomic E-state index is 0.00504. The fourth-order valence-electron chi connectivity index (χ4n) is 3.16. The van der Waals surface area contributed by atoms with Crippen molar-refractivity contribution >= 4 is 39.4 Å². The number of nitrogens with one attached hydrogen (secondary N) is 2. The van der Waals surface area contributed by atoms with Crippen molar-refractivity contribution in [3.05, 3.63) is 47.0 Å². The van der Waals surface area contributed by atoms with Gasteiger partial charge in [0.1, 0.15) is 4.83 Å². The number of thiophene rings is 1. The van der Waals surface area contributed by atoms with Crippen molar-refractivity contribution in [2.24, 2.45) is 0 Å². The standard InChI is InChI=1S/C19H19N5O3S/c1-11(10-23-16(25)9-20-19(23)27)21-17(26)15-8-14-12(2)22-24(18(14)28-15)13-6-4-3-5-7-13/h3-8,11H,9-10H2,1-2H3,(H,20,27)(H,21,26)/t11-/m1/s1. The van der Waals surface area contributed by atoms with Crippen LogP contribution in [0.1, 0.15) is 22.3 Å². The van der Waals surface area contributed by atoms with E-state index in [2.05, 4.69) is 15.7 Å². The summed E-state index contributed by atoms with van der Waals surface area (Å²) in [6.45, 7) is 3.82. The van der Waals surface area contributed by atoms with E-state index in [0.29, 0.717) is 4.88 Å². The number of nitrogens with zero attached hydrogens (tertiary/aromatic N) is 3. The van der Waals surface area contributed by atoms with Crippen LogP contribution in [-0.2, 0) is 4.79 Å². The maximum atomic E-state index is 12.7. The molecule has 0 aliphatic carbocycles. The van der Waals surface area contributed by atoms with Gasteiger partial charge in [0, 0.05) is 11.4 Å². The molecule has 28 heavy (non-hydrogen) atoms. The molecule has 1 aliphatic heterocycles. The number of hydrogen-bond donors (Lipinski definition) is 2. The predicted octanol–water partition coefficient (Wildman–Crippen LogP) is 2.07. The summed E-state index contributed by atoms with van der Waals surface area (Å²) in [5, 5.41) is 10.8. The lowest BCUT2D eigenvalue weighted by atomic mass is 10.2. The summed E-state index contributed by atoms with van der Waals surface area (Å²) in [7, 11) is 0. The molecular formula is C19H19N5O3S. The first-order valence-electron chi connectivity index (χ1n) is 8.87. The molecule has 0 radical (unpaired) electrons. The molecule has 144 valence electrons. The zero-order chi connectivity index (χ0) is 19.8. The molecule has 3 heterocycles. The fourth-order valence-corrected chi connectivity index (χ4v) is 4.24. The van der Waals surface area contributed by atoms with Crippen LogP contribution in [0.15, 0.2) is 36.4 Å². The zero-order valence-corrected chi connectivity index (χ0v) is 16.2. The Balaban J connectivity index is 1.53. The highest BCUT2D eigenvalue weighted by Gasteiger charge is 2.30. The highest BCUT2D eigenvalue weighted by Crippen LogP contribution is 2.30. The molecule has 1 saturated heterocycles. The average molecular weight is 397 g/mol. The minimum Gasteiger partial charge on any atom is -0.347 e. The topological polar surface area (TPSA) is 96.3 Å². The second kappa shape index (κ2) is 7.08. The Bertz CT molecular complexity index is 1060. The Morgan fingerprint density at radius 1 is 1.32 bits per heavy atom.